The van der Waals surface area contributed by atoms with Gasteiger partial charge >= 0.3 is 0 Å². The van der Waals surface area contributed by atoms with Gasteiger partial charge in [0.15, 0.2) is 0 Å². The third-order valence-electron chi connectivity index (χ3n) is 5.75. The molecule has 3 aromatic carbocycles. The van der Waals surface area contributed by atoms with Gasteiger partial charge in [0.05, 0.1) is 5.56 Å². The number of hydrogen-bond donors (Lipinski definition) is 1. The second-order valence-electron chi connectivity index (χ2n) is 7.72. The first kappa shape index (κ1) is 20.4. The van der Waals surface area contributed by atoms with Crippen LogP contribution in [0, 0.1) is 0 Å². The van der Waals surface area contributed by atoms with Crippen molar-refractivity contribution in [1.29, 1.82) is 0 Å². The molecular weight excluding hydrogens is 386 g/mol. The van der Waals surface area contributed by atoms with E-state index in [1.165, 1.54) is 0 Å². The summed E-state index contributed by atoms with van der Waals surface area (Å²) in [5.41, 5.74) is 9.45. The largest absolute Gasteiger partial charge is 0.398 e. The molecule has 156 valence electrons. The fourth-order valence-electron chi connectivity index (χ4n) is 4.14. The second-order valence-corrected chi connectivity index (χ2v) is 7.72. The third-order valence-corrected chi connectivity index (χ3v) is 5.75. The number of para-hydroxylation sites is 1. The van der Waals surface area contributed by atoms with Crippen molar-refractivity contribution in [3.05, 3.63) is 108 Å². The van der Waals surface area contributed by atoms with Gasteiger partial charge in [0.2, 0.25) is 5.91 Å². The van der Waals surface area contributed by atoms with E-state index in [1.807, 2.05) is 60.7 Å². The molecule has 0 aliphatic carbocycles. The van der Waals surface area contributed by atoms with E-state index in [0.717, 1.165) is 11.1 Å². The Labute approximate surface area is 182 Å². The molecule has 3 aromatic rings. The van der Waals surface area contributed by atoms with E-state index >= 15 is 0 Å². The predicted octanol–water partition coefficient (Wildman–Crippen LogP) is 3.83. The zero-order valence-corrected chi connectivity index (χ0v) is 17.4. The molecule has 0 bridgehead atoms. The lowest BCUT2D eigenvalue weighted by atomic mass is 10.0. The third kappa shape index (κ3) is 3.82. The standard InChI is InChI=1S/C26H25N3O2/c1-18(20-13-7-4-8-14-20)24-28(2)26(31)23(17-19-11-5-3-6-12-19)29(24)25(30)21-15-9-10-16-22(21)27/h3-16,23-24H,1,17,27H2,2H3/t23-,24+/m0/s1. The van der Waals surface area contributed by atoms with Gasteiger partial charge in [0.25, 0.3) is 5.91 Å². The summed E-state index contributed by atoms with van der Waals surface area (Å²) >= 11 is 0. The minimum Gasteiger partial charge on any atom is -0.398 e. The number of hydrogen-bond acceptors (Lipinski definition) is 3. The van der Waals surface area contributed by atoms with E-state index < -0.39 is 12.2 Å². The maximum absolute atomic E-state index is 13.7. The summed E-state index contributed by atoms with van der Waals surface area (Å²) < 4.78 is 0. The second kappa shape index (κ2) is 8.48. The zero-order valence-electron chi connectivity index (χ0n) is 17.4. The number of nitrogens with two attached hydrogens (primary N) is 1. The number of nitrogens with zero attached hydrogens (tertiary/aromatic N) is 2. The highest BCUT2D eigenvalue weighted by Gasteiger charge is 2.48. The smallest absolute Gasteiger partial charge is 0.258 e. The van der Waals surface area contributed by atoms with Crippen LogP contribution in [0.25, 0.3) is 5.57 Å². The predicted molar refractivity (Wildman–Crippen MR) is 123 cm³/mol. The average molecular weight is 412 g/mol. The van der Waals surface area contributed by atoms with Gasteiger partial charge in [-0.1, -0.05) is 79.4 Å². The topological polar surface area (TPSA) is 66.6 Å². The lowest BCUT2D eigenvalue weighted by Crippen LogP contribution is -2.45. The summed E-state index contributed by atoms with van der Waals surface area (Å²) in [6, 6.07) is 25.7. The van der Waals surface area contributed by atoms with Crippen molar-refractivity contribution in [2.75, 3.05) is 12.8 Å². The van der Waals surface area contributed by atoms with Crippen molar-refractivity contribution in [2.24, 2.45) is 0 Å². The fraction of sp³-hybridized carbons (Fsp3) is 0.154. The molecular formula is C26H25N3O2. The molecule has 5 heteroatoms. The van der Waals surface area contributed by atoms with Crippen molar-refractivity contribution >= 4 is 23.1 Å². The van der Waals surface area contributed by atoms with Crippen LogP contribution < -0.4 is 5.73 Å². The summed E-state index contributed by atoms with van der Waals surface area (Å²) in [6.45, 7) is 4.26. The van der Waals surface area contributed by atoms with Crippen LogP contribution in [0.2, 0.25) is 0 Å². The minimum absolute atomic E-state index is 0.117. The lowest BCUT2D eigenvalue weighted by molar-refractivity contribution is -0.128. The van der Waals surface area contributed by atoms with Crippen LogP contribution in [-0.2, 0) is 11.2 Å². The summed E-state index contributed by atoms with van der Waals surface area (Å²) in [4.78, 5) is 30.3. The van der Waals surface area contributed by atoms with Gasteiger partial charge < -0.3 is 15.5 Å². The van der Waals surface area contributed by atoms with Crippen molar-refractivity contribution in [1.82, 2.24) is 9.80 Å². The van der Waals surface area contributed by atoms with Crippen LogP contribution in [0.4, 0.5) is 5.69 Å². The van der Waals surface area contributed by atoms with Gasteiger partial charge in [-0.25, -0.2) is 0 Å². The molecule has 1 fully saturated rings. The molecule has 0 radical (unpaired) electrons. The Morgan fingerprint density at radius 2 is 1.52 bits per heavy atom. The van der Waals surface area contributed by atoms with E-state index in [-0.39, 0.29) is 11.8 Å². The van der Waals surface area contributed by atoms with Crippen molar-refractivity contribution in [3.8, 4) is 0 Å². The van der Waals surface area contributed by atoms with Crippen molar-refractivity contribution < 1.29 is 9.59 Å². The molecule has 31 heavy (non-hydrogen) atoms. The maximum Gasteiger partial charge on any atom is 0.258 e. The van der Waals surface area contributed by atoms with Gasteiger partial charge in [-0.2, -0.15) is 0 Å². The molecule has 4 rings (SSSR count). The van der Waals surface area contributed by atoms with Crippen LogP contribution in [0.1, 0.15) is 21.5 Å². The first-order valence-electron chi connectivity index (χ1n) is 10.2. The molecule has 1 heterocycles. The molecule has 0 spiro atoms. The van der Waals surface area contributed by atoms with E-state index in [4.69, 9.17) is 5.73 Å². The Bertz CT molecular complexity index is 1110. The van der Waals surface area contributed by atoms with Crippen LogP contribution in [0.15, 0.2) is 91.5 Å². The molecule has 1 aliphatic heterocycles. The fourth-order valence-corrected chi connectivity index (χ4v) is 4.14. The molecule has 2 atom stereocenters. The Hall–Kier alpha value is -3.86. The highest BCUT2D eigenvalue weighted by atomic mass is 16.2. The Morgan fingerprint density at radius 3 is 2.16 bits per heavy atom. The van der Waals surface area contributed by atoms with Gasteiger partial charge in [-0.3, -0.25) is 9.59 Å². The minimum atomic E-state index is -0.648. The Kier molecular flexibility index (Phi) is 5.58. The maximum atomic E-state index is 13.7. The molecule has 2 N–H and O–H groups in total. The first-order valence-corrected chi connectivity index (χ1v) is 10.2. The van der Waals surface area contributed by atoms with Crippen LogP contribution in [-0.4, -0.2) is 40.9 Å². The molecule has 0 aromatic heterocycles. The molecule has 2 amide bonds. The Morgan fingerprint density at radius 1 is 0.935 bits per heavy atom. The molecule has 1 saturated heterocycles. The summed E-state index contributed by atoms with van der Waals surface area (Å²) in [7, 11) is 1.72. The number of benzene rings is 3. The van der Waals surface area contributed by atoms with E-state index in [2.05, 4.69) is 6.58 Å². The van der Waals surface area contributed by atoms with Gasteiger partial charge in [0.1, 0.15) is 12.2 Å². The van der Waals surface area contributed by atoms with E-state index in [0.29, 0.717) is 23.2 Å². The lowest BCUT2D eigenvalue weighted by Gasteiger charge is -2.32. The number of carbonyl (C=O) groups excluding carboxylic acids is 2. The van der Waals surface area contributed by atoms with Crippen molar-refractivity contribution in [3.63, 3.8) is 0 Å². The highest BCUT2D eigenvalue weighted by Crippen LogP contribution is 2.34. The first-order chi connectivity index (χ1) is 15.0. The number of anilines is 1. The molecule has 1 aliphatic rings. The highest BCUT2D eigenvalue weighted by molar-refractivity contribution is 6.04. The number of likely N-dealkylation sites (N-methyl/N-ethyl adjacent to an activating group) is 1. The summed E-state index contributed by atoms with van der Waals surface area (Å²) in [5, 5.41) is 0. The van der Waals surface area contributed by atoms with Gasteiger partial charge in [0, 0.05) is 19.2 Å². The number of nitrogen functional groups attached to an aromatic ring is 1. The SMILES string of the molecule is C=C(c1ccccc1)[C@@H]1N(C)C(=O)[C@H](Cc2ccccc2)N1C(=O)c1ccccc1N. The zero-order chi connectivity index (χ0) is 22.0. The normalized spacial score (nSPS) is 18.3. The van der Waals surface area contributed by atoms with Gasteiger partial charge in [-0.15, -0.1) is 0 Å². The number of amides is 2. The van der Waals surface area contributed by atoms with Crippen LogP contribution in [0.3, 0.4) is 0 Å². The molecule has 0 saturated carbocycles. The summed E-state index contributed by atoms with van der Waals surface area (Å²) in [5.74, 6) is -0.396. The summed E-state index contributed by atoms with van der Waals surface area (Å²) in [6.07, 6.45) is -0.183. The van der Waals surface area contributed by atoms with Crippen LogP contribution >= 0.6 is 0 Å². The quantitative estimate of drug-likeness (QED) is 0.649. The molecule has 5 nitrogen and oxygen atoms in total. The molecule has 0 unspecified atom stereocenters. The number of rotatable bonds is 5. The Balaban J connectivity index is 1.79. The monoisotopic (exact) mass is 411 g/mol. The number of carbonyl (C=O) groups is 2. The van der Waals surface area contributed by atoms with E-state index in [9.17, 15) is 9.59 Å². The van der Waals surface area contributed by atoms with Crippen LogP contribution in [0.5, 0.6) is 0 Å². The van der Waals surface area contributed by atoms with E-state index in [1.54, 1.807) is 41.1 Å². The van der Waals surface area contributed by atoms with Crippen molar-refractivity contribution in [2.45, 2.75) is 18.6 Å². The average Bonchev–Trinajstić information content (AvgIpc) is 3.04. The van der Waals surface area contributed by atoms with Gasteiger partial charge in [-0.05, 0) is 28.8 Å².